The maximum atomic E-state index is 12.4. The molecule has 1 aromatic heterocycles. The number of likely N-dealkylation sites (N-methyl/N-ethyl adjacent to an activating group) is 1. The van der Waals surface area contributed by atoms with Crippen LogP contribution in [0.1, 0.15) is 30.8 Å². The number of amides is 1. The van der Waals surface area contributed by atoms with Gasteiger partial charge in [-0.25, -0.2) is 4.68 Å². The summed E-state index contributed by atoms with van der Waals surface area (Å²) < 4.78 is 7.35. The molecule has 24 heavy (non-hydrogen) atoms. The van der Waals surface area contributed by atoms with Gasteiger partial charge in [0.2, 0.25) is 0 Å². The highest BCUT2D eigenvalue weighted by molar-refractivity contribution is 5.95. The zero-order chi connectivity index (χ0) is 16.7. The number of carbonyl (C=O) groups excluding carboxylic acids is 1. The van der Waals surface area contributed by atoms with Crippen molar-refractivity contribution in [3.63, 3.8) is 0 Å². The van der Waals surface area contributed by atoms with Crippen LogP contribution >= 0.6 is 12.4 Å². The number of rotatable bonds is 8. The molecule has 0 aliphatic heterocycles. The highest BCUT2D eigenvalue weighted by atomic mass is 35.5. The molecular weight excluding hydrogens is 328 g/mol. The van der Waals surface area contributed by atoms with Gasteiger partial charge in [0.25, 0.3) is 5.91 Å². The van der Waals surface area contributed by atoms with E-state index in [-0.39, 0.29) is 24.4 Å². The van der Waals surface area contributed by atoms with Gasteiger partial charge >= 0.3 is 0 Å². The minimum absolute atomic E-state index is 0. The third-order valence-electron chi connectivity index (χ3n) is 3.44. The molecule has 6 nitrogen and oxygen atoms in total. The quantitative estimate of drug-likeness (QED) is 0.765. The molecule has 1 amide bonds. The zero-order valence-corrected chi connectivity index (χ0v) is 15.1. The van der Waals surface area contributed by atoms with Crippen LogP contribution in [0.5, 0.6) is 5.75 Å². The lowest BCUT2D eigenvalue weighted by atomic mass is 10.3. The van der Waals surface area contributed by atoms with Crippen molar-refractivity contribution in [2.45, 2.75) is 26.3 Å². The maximum absolute atomic E-state index is 12.4. The molecule has 0 saturated heterocycles. The molecule has 1 aromatic carbocycles. The molecule has 0 aliphatic rings. The van der Waals surface area contributed by atoms with E-state index in [1.807, 2.05) is 51.2 Å². The van der Waals surface area contributed by atoms with Gasteiger partial charge in [-0.3, -0.25) is 4.79 Å². The summed E-state index contributed by atoms with van der Waals surface area (Å²) in [6, 6.07) is 9.85. The van der Waals surface area contributed by atoms with Crippen molar-refractivity contribution in [3.05, 3.63) is 42.2 Å². The van der Waals surface area contributed by atoms with E-state index >= 15 is 0 Å². The first-order valence-electron chi connectivity index (χ1n) is 7.89. The number of nitrogens with one attached hydrogen (secondary N) is 2. The van der Waals surface area contributed by atoms with Crippen molar-refractivity contribution in [2.24, 2.45) is 0 Å². The van der Waals surface area contributed by atoms with Crippen LogP contribution in [0.3, 0.4) is 0 Å². The lowest BCUT2D eigenvalue weighted by molar-refractivity contribution is 0.0941. The largest absolute Gasteiger partial charge is 0.489 e. The number of aromatic nitrogens is 2. The number of halogens is 1. The molecule has 1 atom stereocenters. The number of benzene rings is 1. The Bertz CT molecular complexity index is 631. The molecule has 0 fully saturated rings. The molecule has 2 aromatic rings. The Morgan fingerprint density at radius 1 is 1.33 bits per heavy atom. The Morgan fingerprint density at radius 3 is 2.67 bits per heavy atom. The van der Waals surface area contributed by atoms with Crippen molar-refractivity contribution in [1.82, 2.24) is 20.4 Å². The first-order chi connectivity index (χ1) is 11.2. The summed E-state index contributed by atoms with van der Waals surface area (Å²) in [6.45, 7) is 5.10. The van der Waals surface area contributed by atoms with Crippen molar-refractivity contribution >= 4 is 18.3 Å². The van der Waals surface area contributed by atoms with E-state index < -0.39 is 0 Å². The fourth-order valence-electron chi connectivity index (χ4n) is 1.98. The molecule has 0 bridgehead atoms. The summed E-state index contributed by atoms with van der Waals surface area (Å²) in [5.41, 5.74) is 1.20. The average Bonchev–Trinajstić information content (AvgIpc) is 3.02. The molecule has 2 N–H and O–H groups in total. The van der Waals surface area contributed by atoms with Crippen molar-refractivity contribution in [1.29, 1.82) is 0 Å². The van der Waals surface area contributed by atoms with Crippen molar-refractivity contribution in [2.75, 3.05) is 20.2 Å². The maximum Gasteiger partial charge on any atom is 0.275 e. The van der Waals surface area contributed by atoms with Crippen LogP contribution < -0.4 is 15.4 Å². The van der Waals surface area contributed by atoms with Gasteiger partial charge in [-0.05, 0) is 32.5 Å². The summed E-state index contributed by atoms with van der Waals surface area (Å²) in [5.74, 6) is 0.276. The molecule has 1 heterocycles. The van der Waals surface area contributed by atoms with Gasteiger partial charge in [0.15, 0.2) is 11.4 Å². The van der Waals surface area contributed by atoms with E-state index in [2.05, 4.69) is 15.7 Å². The summed E-state index contributed by atoms with van der Waals surface area (Å²) >= 11 is 0. The number of para-hydroxylation sites is 1. The second-order valence-electron chi connectivity index (χ2n) is 5.37. The molecule has 0 spiro atoms. The van der Waals surface area contributed by atoms with Crippen LogP contribution in [0.2, 0.25) is 0 Å². The first-order valence-corrected chi connectivity index (χ1v) is 7.89. The SMILES string of the molecule is CCCOc1cn(-c2ccccc2)nc1C(=O)NCC(C)NC.Cl. The smallest absolute Gasteiger partial charge is 0.275 e. The van der Waals surface area contributed by atoms with Gasteiger partial charge in [-0.15, -0.1) is 12.4 Å². The second kappa shape index (κ2) is 9.95. The van der Waals surface area contributed by atoms with Gasteiger partial charge in [0.05, 0.1) is 18.5 Å². The number of carbonyl (C=O) groups is 1. The predicted octanol–water partition coefficient (Wildman–Crippen LogP) is 2.42. The van der Waals surface area contributed by atoms with Crippen LogP contribution in [0.25, 0.3) is 5.69 Å². The molecular formula is C17H25ClN4O2. The van der Waals surface area contributed by atoms with E-state index in [1.165, 1.54) is 0 Å². The Morgan fingerprint density at radius 2 is 2.04 bits per heavy atom. The number of hydrogen-bond donors (Lipinski definition) is 2. The fourth-order valence-corrected chi connectivity index (χ4v) is 1.98. The van der Waals surface area contributed by atoms with E-state index in [9.17, 15) is 4.79 Å². The molecule has 1 unspecified atom stereocenters. The Labute approximate surface area is 149 Å². The van der Waals surface area contributed by atoms with Crippen LogP contribution in [0.15, 0.2) is 36.5 Å². The minimum Gasteiger partial charge on any atom is -0.489 e. The van der Waals surface area contributed by atoms with E-state index in [0.29, 0.717) is 24.6 Å². The van der Waals surface area contributed by atoms with E-state index in [4.69, 9.17) is 4.74 Å². The average molecular weight is 353 g/mol. The Hall–Kier alpha value is -2.05. The van der Waals surface area contributed by atoms with Crippen LogP contribution in [0, 0.1) is 0 Å². The lowest BCUT2D eigenvalue weighted by Crippen LogP contribution is -2.37. The summed E-state index contributed by atoms with van der Waals surface area (Å²) in [7, 11) is 1.86. The highest BCUT2D eigenvalue weighted by Crippen LogP contribution is 2.20. The lowest BCUT2D eigenvalue weighted by Gasteiger charge is -2.11. The third kappa shape index (κ3) is 5.25. The summed E-state index contributed by atoms with van der Waals surface area (Å²) in [4.78, 5) is 12.4. The van der Waals surface area contributed by atoms with Crippen LogP contribution in [-0.4, -0.2) is 41.9 Å². The third-order valence-corrected chi connectivity index (χ3v) is 3.44. The van der Waals surface area contributed by atoms with E-state index in [1.54, 1.807) is 10.9 Å². The number of nitrogens with zero attached hydrogens (tertiary/aromatic N) is 2. The Balaban J connectivity index is 0.00000288. The predicted molar refractivity (Wildman–Crippen MR) is 97.5 cm³/mol. The first kappa shape index (κ1) is 20.0. The summed E-state index contributed by atoms with van der Waals surface area (Å²) in [5, 5.41) is 10.4. The molecule has 7 heteroatoms. The fraction of sp³-hybridized carbons (Fsp3) is 0.412. The number of hydrogen-bond acceptors (Lipinski definition) is 4. The van der Waals surface area contributed by atoms with Crippen LogP contribution in [-0.2, 0) is 0 Å². The topological polar surface area (TPSA) is 68.2 Å². The highest BCUT2D eigenvalue weighted by Gasteiger charge is 2.19. The summed E-state index contributed by atoms with van der Waals surface area (Å²) in [6.07, 6.45) is 2.62. The molecule has 2 rings (SSSR count). The normalized spacial score (nSPS) is 11.5. The van der Waals surface area contributed by atoms with Gasteiger partial charge in [0, 0.05) is 12.6 Å². The van der Waals surface area contributed by atoms with Crippen LogP contribution in [0.4, 0.5) is 0 Å². The van der Waals surface area contributed by atoms with Gasteiger partial charge in [-0.2, -0.15) is 5.10 Å². The Kier molecular flexibility index (Phi) is 8.29. The monoisotopic (exact) mass is 352 g/mol. The second-order valence-corrected chi connectivity index (χ2v) is 5.37. The van der Waals surface area contributed by atoms with Gasteiger partial charge in [0.1, 0.15) is 0 Å². The van der Waals surface area contributed by atoms with Gasteiger partial charge < -0.3 is 15.4 Å². The molecule has 132 valence electrons. The molecule has 0 radical (unpaired) electrons. The molecule has 0 saturated carbocycles. The van der Waals surface area contributed by atoms with Crippen molar-refractivity contribution < 1.29 is 9.53 Å². The van der Waals surface area contributed by atoms with E-state index in [0.717, 1.165) is 12.1 Å². The molecule has 0 aliphatic carbocycles. The standard InChI is InChI=1S/C17H24N4O2.ClH/c1-4-10-23-15-12-21(14-8-6-5-7-9-14)20-16(15)17(22)19-11-13(2)18-3;/h5-9,12-13,18H,4,10-11H2,1-3H3,(H,19,22);1H. The zero-order valence-electron chi connectivity index (χ0n) is 14.3. The van der Waals surface area contributed by atoms with Gasteiger partial charge in [-0.1, -0.05) is 25.1 Å². The number of ether oxygens (including phenoxy) is 1. The minimum atomic E-state index is -0.229. The van der Waals surface area contributed by atoms with Crippen molar-refractivity contribution in [3.8, 4) is 11.4 Å².